The molecule has 0 fully saturated rings. The van der Waals surface area contributed by atoms with Crippen LogP contribution >= 0.6 is 0 Å². The quantitative estimate of drug-likeness (QED) is 0.544. The lowest BCUT2D eigenvalue weighted by Gasteiger charge is -1.96. The molecule has 0 heterocycles. The second kappa shape index (κ2) is 4.46. The normalized spacial score (nSPS) is 12.7. The summed E-state index contributed by atoms with van der Waals surface area (Å²) in [6, 6.07) is 0. The van der Waals surface area contributed by atoms with E-state index in [-0.39, 0.29) is 11.8 Å². The van der Waals surface area contributed by atoms with E-state index in [9.17, 15) is 9.00 Å². The minimum absolute atomic E-state index is 0.174. The molecule has 9 heavy (non-hydrogen) atoms. The van der Waals surface area contributed by atoms with E-state index < -0.39 is 11.1 Å². The topological polar surface area (TPSA) is 66.4 Å². The summed E-state index contributed by atoms with van der Waals surface area (Å²) in [6.07, 6.45) is 0.344. The molecule has 2 N–H and O–H groups in total. The Labute approximate surface area is 55.9 Å². The Hall–Kier alpha value is -0.420. The monoisotopic (exact) mass is 151 g/mol. The second-order valence-electron chi connectivity index (χ2n) is 1.42. The van der Waals surface area contributed by atoms with E-state index in [0.717, 1.165) is 0 Å². The maximum Gasteiger partial charge on any atom is 0.220 e. The number of amides is 1. The molecule has 0 bridgehead atoms. The van der Waals surface area contributed by atoms with Crippen molar-refractivity contribution in [3.8, 4) is 0 Å². The van der Waals surface area contributed by atoms with Gasteiger partial charge in [0.15, 0.2) is 11.1 Å². The van der Waals surface area contributed by atoms with Gasteiger partial charge < -0.3 is 9.87 Å². The number of carbonyl (C=O) groups excluding carboxylic acids is 1. The van der Waals surface area contributed by atoms with E-state index in [1.54, 1.807) is 6.92 Å². The maximum atomic E-state index is 10.4. The van der Waals surface area contributed by atoms with E-state index in [0.29, 0.717) is 6.42 Å². The molecule has 0 rings (SSSR count). The standard InChI is InChI=1S/C4H9NO3S/c1-2-4(6)5-3-9(7)8/h2-3H2,1H3,(H,5,6)(H,7,8). The molecule has 0 aliphatic rings. The highest BCUT2D eigenvalue weighted by Gasteiger charge is 1.96. The van der Waals surface area contributed by atoms with Crippen molar-refractivity contribution < 1.29 is 13.6 Å². The zero-order valence-electron chi connectivity index (χ0n) is 5.09. The summed E-state index contributed by atoms with van der Waals surface area (Å²) in [4.78, 5) is 10.4. The van der Waals surface area contributed by atoms with Crippen molar-refractivity contribution in [1.29, 1.82) is 0 Å². The molecule has 1 unspecified atom stereocenters. The molecule has 0 saturated carbocycles. The first kappa shape index (κ1) is 8.58. The number of hydrogen-bond donors (Lipinski definition) is 2. The van der Waals surface area contributed by atoms with Gasteiger partial charge in [0, 0.05) is 6.42 Å². The van der Waals surface area contributed by atoms with Crippen LogP contribution in [0, 0.1) is 0 Å². The van der Waals surface area contributed by atoms with Crippen molar-refractivity contribution >= 4 is 17.0 Å². The van der Waals surface area contributed by atoms with Crippen LogP contribution in [0.2, 0.25) is 0 Å². The lowest BCUT2D eigenvalue weighted by atomic mass is 10.5. The molecule has 4 nitrogen and oxygen atoms in total. The first-order valence-electron chi connectivity index (χ1n) is 2.51. The minimum atomic E-state index is -1.92. The van der Waals surface area contributed by atoms with Gasteiger partial charge in [-0.2, -0.15) is 0 Å². The smallest absolute Gasteiger partial charge is 0.220 e. The van der Waals surface area contributed by atoms with E-state index >= 15 is 0 Å². The Morgan fingerprint density at radius 2 is 2.33 bits per heavy atom. The Balaban J connectivity index is 3.28. The fraction of sp³-hybridized carbons (Fsp3) is 0.750. The van der Waals surface area contributed by atoms with Crippen LogP contribution in [0.15, 0.2) is 0 Å². The fourth-order valence-electron chi connectivity index (χ4n) is 0.267. The van der Waals surface area contributed by atoms with Crippen molar-refractivity contribution in [1.82, 2.24) is 5.32 Å². The molecule has 0 aliphatic heterocycles. The second-order valence-corrected chi connectivity index (χ2v) is 2.35. The van der Waals surface area contributed by atoms with Crippen LogP contribution in [0.3, 0.4) is 0 Å². The first-order chi connectivity index (χ1) is 4.16. The molecule has 0 aromatic rings. The minimum Gasteiger partial charge on any atom is -0.342 e. The number of carbonyl (C=O) groups is 1. The molecule has 0 spiro atoms. The van der Waals surface area contributed by atoms with Crippen LogP contribution in [-0.2, 0) is 15.9 Å². The zero-order chi connectivity index (χ0) is 7.28. The van der Waals surface area contributed by atoms with Gasteiger partial charge in [-0.05, 0) is 0 Å². The van der Waals surface area contributed by atoms with E-state index in [2.05, 4.69) is 5.32 Å². The van der Waals surface area contributed by atoms with Crippen molar-refractivity contribution in [3.63, 3.8) is 0 Å². The maximum absolute atomic E-state index is 10.4. The fourth-order valence-corrected chi connectivity index (χ4v) is 0.552. The van der Waals surface area contributed by atoms with Crippen molar-refractivity contribution in [2.24, 2.45) is 0 Å². The van der Waals surface area contributed by atoms with Gasteiger partial charge in [0.05, 0.1) is 0 Å². The van der Waals surface area contributed by atoms with Crippen molar-refractivity contribution in [2.75, 3.05) is 5.88 Å². The Bertz CT molecular complexity index is 125. The van der Waals surface area contributed by atoms with Gasteiger partial charge in [0.1, 0.15) is 5.88 Å². The third-order valence-electron chi connectivity index (χ3n) is 0.714. The van der Waals surface area contributed by atoms with Gasteiger partial charge in [-0.25, -0.2) is 4.21 Å². The molecule has 1 amide bonds. The Kier molecular flexibility index (Phi) is 4.25. The van der Waals surface area contributed by atoms with Gasteiger partial charge in [0.25, 0.3) is 0 Å². The highest BCUT2D eigenvalue weighted by Crippen LogP contribution is 1.74. The van der Waals surface area contributed by atoms with Gasteiger partial charge in [-0.1, -0.05) is 6.92 Å². The summed E-state index contributed by atoms with van der Waals surface area (Å²) >= 11 is -1.92. The van der Waals surface area contributed by atoms with Gasteiger partial charge in [-0.3, -0.25) is 4.79 Å². The highest BCUT2D eigenvalue weighted by atomic mass is 32.2. The predicted octanol–water partition coefficient (Wildman–Crippen LogP) is -0.308. The van der Waals surface area contributed by atoms with Crippen LogP contribution in [0.25, 0.3) is 0 Å². The summed E-state index contributed by atoms with van der Waals surface area (Å²) in [5, 5.41) is 2.24. The molecule has 1 atom stereocenters. The first-order valence-corrected chi connectivity index (χ1v) is 3.78. The molecule has 0 aliphatic carbocycles. The molecule has 0 saturated heterocycles. The average molecular weight is 151 g/mol. The van der Waals surface area contributed by atoms with Gasteiger partial charge >= 0.3 is 0 Å². The third kappa shape index (κ3) is 5.45. The van der Waals surface area contributed by atoms with Gasteiger partial charge in [-0.15, -0.1) is 0 Å². The van der Waals surface area contributed by atoms with Crippen molar-refractivity contribution in [2.45, 2.75) is 13.3 Å². The summed E-state index contributed by atoms with van der Waals surface area (Å²) in [5.74, 6) is -0.385. The van der Waals surface area contributed by atoms with Crippen LogP contribution in [0.1, 0.15) is 13.3 Å². The van der Waals surface area contributed by atoms with Crippen LogP contribution in [-0.4, -0.2) is 20.5 Å². The number of hydrogen-bond acceptors (Lipinski definition) is 2. The van der Waals surface area contributed by atoms with E-state index in [1.807, 2.05) is 0 Å². The van der Waals surface area contributed by atoms with Crippen LogP contribution in [0.4, 0.5) is 0 Å². The molecule has 5 heteroatoms. The lowest BCUT2D eigenvalue weighted by molar-refractivity contribution is -0.120. The molecular weight excluding hydrogens is 142 g/mol. The largest absolute Gasteiger partial charge is 0.342 e. The SMILES string of the molecule is CCC(=O)NCS(=O)O. The van der Waals surface area contributed by atoms with Crippen LogP contribution in [0.5, 0.6) is 0 Å². The molecule has 0 aromatic heterocycles. The summed E-state index contributed by atoms with van der Waals surface area (Å²) in [7, 11) is 0. The number of rotatable bonds is 3. The van der Waals surface area contributed by atoms with E-state index in [1.165, 1.54) is 0 Å². The summed E-state index contributed by atoms with van der Waals surface area (Å²) in [6.45, 7) is 1.68. The lowest BCUT2D eigenvalue weighted by Crippen LogP contribution is -2.25. The van der Waals surface area contributed by atoms with Crippen molar-refractivity contribution in [3.05, 3.63) is 0 Å². The average Bonchev–Trinajstić information content (AvgIpc) is 1.83. The van der Waals surface area contributed by atoms with Crippen LogP contribution < -0.4 is 5.32 Å². The van der Waals surface area contributed by atoms with Gasteiger partial charge in [0.2, 0.25) is 5.91 Å². The molecule has 54 valence electrons. The molecular formula is C4H9NO3S. The highest BCUT2D eigenvalue weighted by molar-refractivity contribution is 7.79. The van der Waals surface area contributed by atoms with E-state index in [4.69, 9.17) is 4.55 Å². The predicted molar refractivity (Wildman–Crippen MR) is 34.1 cm³/mol. The molecule has 0 radical (unpaired) electrons. The molecule has 0 aromatic carbocycles. The third-order valence-corrected chi connectivity index (χ3v) is 1.11. The zero-order valence-corrected chi connectivity index (χ0v) is 5.90. The Morgan fingerprint density at radius 3 is 2.67 bits per heavy atom. The summed E-state index contributed by atoms with van der Waals surface area (Å²) < 4.78 is 18.1. The summed E-state index contributed by atoms with van der Waals surface area (Å²) in [5.41, 5.74) is 0. The number of nitrogens with one attached hydrogen (secondary N) is 1. The Morgan fingerprint density at radius 1 is 1.78 bits per heavy atom.